The Labute approximate surface area is 55.5 Å². The van der Waals surface area contributed by atoms with Crippen LogP contribution >= 0.6 is 0 Å². The van der Waals surface area contributed by atoms with Gasteiger partial charge >= 0.3 is 47.3 Å². The van der Waals surface area contributed by atoms with Gasteiger partial charge in [0.2, 0.25) is 0 Å². The summed E-state index contributed by atoms with van der Waals surface area (Å²) in [7, 11) is 0. The third-order valence-electron chi connectivity index (χ3n) is 0. The van der Waals surface area contributed by atoms with Gasteiger partial charge in [0.1, 0.15) is 0 Å². The van der Waals surface area contributed by atoms with E-state index in [4.69, 9.17) is 3.80 Å². The van der Waals surface area contributed by atoms with Crippen molar-refractivity contribution in [3.05, 3.63) is 0 Å². The molecule has 0 fully saturated rings. The van der Waals surface area contributed by atoms with Gasteiger partial charge in [0.05, 0.1) is 8.41 Å². The minimum absolute atomic E-state index is 0. The van der Waals surface area contributed by atoms with Gasteiger partial charge in [0.25, 0.3) is 0 Å². The van der Waals surface area contributed by atoms with E-state index in [1.165, 1.54) is 0 Å². The summed E-state index contributed by atoms with van der Waals surface area (Å²) in [5.74, 6) is 0. The van der Waals surface area contributed by atoms with Crippen LogP contribution in [0.4, 0.5) is 0 Å². The van der Waals surface area contributed by atoms with Crippen LogP contribution in [0.1, 0.15) is 0 Å². The van der Waals surface area contributed by atoms with Gasteiger partial charge in [-0.05, 0) is 0 Å². The molecule has 2 radical (unpaired) electrons. The van der Waals surface area contributed by atoms with Gasteiger partial charge in [0, 0.05) is 0 Å². The van der Waals surface area contributed by atoms with Crippen LogP contribution in [0.5, 0.6) is 0 Å². The Bertz CT molecular complexity index is 8.00. The van der Waals surface area contributed by atoms with Crippen molar-refractivity contribution in [3.63, 3.8) is 0 Å². The molecule has 0 bridgehead atoms. The molecule has 0 saturated heterocycles. The summed E-state index contributed by atoms with van der Waals surface area (Å²) >= 11 is 0.611. The Kier molecular flexibility index (Phi) is 126. The molecule has 0 aromatic carbocycles. The summed E-state index contributed by atoms with van der Waals surface area (Å²) in [5, 5.41) is 0. The maximum absolute atomic E-state index is 8.28. The molecule has 0 aromatic rings. The summed E-state index contributed by atoms with van der Waals surface area (Å²) in [5.41, 5.74) is 0. The first-order valence-corrected chi connectivity index (χ1v) is 0.866. The van der Waals surface area contributed by atoms with Crippen LogP contribution in [0, 0.1) is 0 Å². The molecular weight excluding hydrogens is 261 g/mol. The molecule has 0 rings (SSSR count). The normalized spacial score (nSPS) is 0.750. The third-order valence-corrected chi connectivity index (χ3v) is 0. The average molecular weight is 267 g/mol. The quantitative estimate of drug-likeness (QED) is 0.431. The molecule has 0 heterocycles. The second kappa shape index (κ2) is 27.3. The molecule has 4 heteroatoms. The van der Waals surface area contributed by atoms with E-state index in [2.05, 4.69) is 0 Å². The van der Waals surface area contributed by atoms with Crippen LogP contribution in [-0.4, -0.2) is 51.9 Å². The molecule has 0 spiro atoms. The Morgan fingerprint density at radius 2 is 1.25 bits per heavy atom. The van der Waals surface area contributed by atoms with Crippen LogP contribution in [0.3, 0.4) is 0 Å². The van der Waals surface area contributed by atoms with Crippen LogP contribution < -0.4 is 0 Å². The molecule has 22 valence electrons. The second-order valence-electron chi connectivity index (χ2n) is 0. The number of rotatable bonds is 0. The van der Waals surface area contributed by atoms with Gasteiger partial charge in [0.15, 0.2) is 0 Å². The first-order chi connectivity index (χ1) is 1.00. The second-order valence-corrected chi connectivity index (χ2v) is 0. The summed E-state index contributed by atoms with van der Waals surface area (Å²) in [6.45, 7) is 0. The fourth-order valence-corrected chi connectivity index (χ4v) is 0. The molecule has 0 atom stereocenters. The molecule has 0 unspecified atom stereocenters. The Morgan fingerprint density at radius 3 is 1.25 bits per heavy atom. The summed E-state index contributed by atoms with van der Waals surface area (Å²) in [6.07, 6.45) is 0. The zero-order valence-electron chi connectivity index (χ0n) is 1.82. The predicted octanol–water partition coefficient (Wildman–Crippen LogP) is -2.87. The monoisotopic (exact) mass is 268 g/mol. The van der Waals surface area contributed by atoms with Crippen molar-refractivity contribution >= 4 is 51.9 Å². The van der Waals surface area contributed by atoms with Crippen molar-refractivity contribution in [3.8, 4) is 0 Å². The van der Waals surface area contributed by atoms with E-state index in [9.17, 15) is 0 Å². The molecule has 0 saturated carbocycles. The standard InChI is InChI=1S/Al.BH3.O.Pb.3H/h;1H3;;;;;. The van der Waals surface area contributed by atoms with Crippen molar-refractivity contribution in [2.24, 2.45) is 0 Å². The van der Waals surface area contributed by atoms with E-state index in [0.29, 0.717) is 16.2 Å². The predicted molar refractivity (Wildman–Crippen MR) is 26.3 cm³/mol. The molecule has 0 aromatic heterocycles. The van der Waals surface area contributed by atoms with E-state index >= 15 is 0 Å². The van der Waals surface area contributed by atoms with Crippen molar-refractivity contribution in [1.82, 2.24) is 0 Å². The molecule has 0 amide bonds. The molecule has 0 N–H and O–H groups in total. The minimum atomic E-state index is 0. The van der Waals surface area contributed by atoms with Crippen LogP contribution in [0.2, 0.25) is 0 Å². The van der Waals surface area contributed by atoms with Crippen LogP contribution in [0.25, 0.3) is 0 Å². The zero-order chi connectivity index (χ0) is 2.00. The fourth-order valence-electron chi connectivity index (χ4n) is 0. The van der Waals surface area contributed by atoms with Crippen LogP contribution in [0.15, 0.2) is 0 Å². The topological polar surface area (TPSA) is 17.1 Å². The molecular formula is H6AlBOPb. The Morgan fingerprint density at radius 1 is 1.25 bits per heavy atom. The van der Waals surface area contributed by atoms with Crippen molar-refractivity contribution in [2.45, 2.75) is 0 Å². The first kappa shape index (κ1) is 18.4. The van der Waals surface area contributed by atoms with Gasteiger partial charge in [-0.1, -0.05) is 0 Å². The number of hydrogen-bond acceptors (Lipinski definition) is 1. The van der Waals surface area contributed by atoms with Gasteiger partial charge in [-0.3, -0.25) is 0 Å². The Balaban J connectivity index is -0.00000000500. The van der Waals surface area contributed by atoms with Gasteiger partial charge in [-0.2, -0.15) is 0 Å². The summed E-state index contributed by atoms with van der Waals surface area (Å²) in [6, 6.07) is 0. The van der Waals surface area contributed by atoms with Crippen molar-refractivity contribution in [2.75, 3.05) is 0 Å². The fraction of sp³-hybridized carbons (Fsp3) is 0. The summed E-state index contributed by atoms with van der Waals surface area (Å²) in [4.78, 5) is 0. The maximum atomic E-state index is 8.28. The average Bonchev–Trinajstić information content (AvgIpc) is 1.00. The van der Waals surface area contributed by atoms with E-state index in [1.54, 1.807) is 0 Å². The van der Waals surface area contributed by atoms with Gasteiger partial charge < -0.3 is 0 Å². The van der Waals surface area contributed by atoms with Crippen molar-refractivity contribution < 1.29 is 3.80 Å². The first-order valence-electron chi connectivity index (χ1n) is 0.289. The van der Waals surface area contributed by atoms with Gasteiger partial charge in [-0.25, -0.2) is 0 Å². The number of hydrogen-bond donors (Lipinski definition) is 0. The molecule has 1 nitrogen and oxygen atoms in total. The van der Waals surface area contributed by atoms with Gasteiger partial charge in [-0.15, -0.1) is 0 Å². The van der Waals surface area contributed by atoms with Crippen LogP contribution in [-0.2, 0) is 3.80 Å². The Hall–Kier alpha value is 1.32. The molecule has 0 aliphatic heterocycles. The third kappa shape index (κ3) is 10.3. The molecule has 0 aliphatic rings. The molecule has 0 aliphatic carbocycles. The van der Waals surface area contributed by atoms with Crippen molar-refractivity contribution in [1.29, 1.82) is 0 Å². The summed E-state index contributed by atoms with van der Waals surface area (Å²) < 4.78 is 8.28. The van der Waals surface area contributed by atoms with E-state index in [0.717, 1.165) is 0 Å². The van der Waals surface area contributed by atoms with E-state index in [-0.39, 0.29) is 35.7 Å². The van der Waals surface area contributed by atoms with E-state index < -0.39 is 0 Å². The zero-order valence-corrected chi connectivity index (χ0v) is 8.73. The van der Waals surface area contributed by atoms with E-state index in [1.807, 2.05) is 0 Å². The molecule has 4 heavy (non-hydrogen) atoms. The SMILES string of the molecule is B.[O]=[AlH].[PbH2].